The Hall–Kier alpha value is -3.01. The van der Waals surface area contributed by atoms with E-state index in [0.717, 1.165) is 0 Å². The van der Waals surface area contributed by atoms with Gasteiger partial charge in [0.1, 0.15) is 6.04 Å². The number of carboxylic acids is 2. The third kappa shape index (κ3) is 5.29. The number of ether oxygens (including phenoxy) is 3. The van der Waals surface area contributed by atoms with Crippen molar-refractivity contribution < 1.29 is 38.8 Å². The van der Waals surface area contributed by atoms with Crippen LogP contribution in [0.3, 0.4) is 0 Å². The number of nitrogens with one attached hydrogen (secondary N) is 1. The van der Waals surface area contributed by atoms with E-state index < -0.39 is 36.5 Å². The number of carboxylic acid groups (broad SMARTS) is 2. The maximum Gasteiger partial charge on any atom is 0.326 e. The summed E-state index contributed by atoms with van der Waals surface area (Å²) >= 11 is 0. The minimum atomic E-state index is -1.12. The highest BCUT2D eigenvalue weighted by molar-refractivity contribution is 5.88. The second-order valence-corrected chi connectivity index (χ2v) is 6.59. The molecular weight excluding hydrogens is 384 g/mol. The van der Waals surface area contributed by atoms with Gasteiger partial charge in [-0.2, -0.15) is 0 Å². The summed E-state index contributed by atoms with van der Waals surface area (Å²) in [5, 5.41) is 21.1. The molecule has 160 valence electrons. The van der Waals surface area contributed by atoms with Gasteiger partial charge in [-0.05, 0) is 37.0 Å². The molecule has 1 aromatic carbocycles. The summed E-state index contributed by atoms with van der Waals surface area (Å²) in [6.07, 6.45) is 1.07. The van der Waals surface area contributed by atoms with Gasteiger partial charge in [-0.25, -0.2) is 4.79 Å². The van der Waals surface area contributed by atoms with Crippen LogP contribution in [-0.4, -0.2) is 79.5 Å². The lowest BCUT2D eigenvalue weighted by Gasteiger charge is -2.27. The first kappa shape index (κ1) is 22.3. The lowest BCUT2D eigenvalue weighted by atomic mass is 10.0. The molecule has 1 aliphatic rings. The van der Waals surface area contributed by atoms with Crippen molar-refractivity contribution in [2.45, 2.75) is 31.3 Å². The molecular formula is C19H26N2O8. The van der Waals surface area contributed by atoms with E-state index in [-0.39, 0.29) is 6.42 Å². The van der Waals surface area contributed by atoms with Crippen LogP contribution in [0.15, 0.2) is 12.1 Å². The Bertz CT molecular complexity index is 742. The van der Waals surface area contributed by atoms with E-state index in [1.54, 1.807) is 12.1 Å². The van der Waals surface area contributed by atoms with Gasteiger partial charge >= 0.3 is 11.9 Å². The van der Waals surface area contributed by atoms with Crippen LogP contribution in [0.2, 0.25) is 0 Å². The van der Waals surface area contributed by atoms with E-state index in [1.165, 1.54) is 26.2 Å². The Kier molecular flexibility index (Phi) is 7.66. The zero-order valence-electron chi connectivity index (χ0n) is 16.6. The Labute approximate surface area is 168 Å². The van der Waals surface area contributed by atoms with Crippen LogP contribution >= 0.6 is 0 Å². The highest BCUT2D eigenvalue weighted by Crippen LogP contribution is 2.38. The number of likely N-dealkylation sites (tertiary alicyclic amines) is 1. The second-order valence-electron chi connectivity index (χ2n) is 6.59. The molecule has 1 heterocycles. The Morgan fingerprint density at radius 1 is 1.14 bits per heavy atom. The van der Waals surface area contributed by atoms with Crippen LogP contribution in [0.25, 0.3) is 0 Å². The molecule has 1 fully saturated rings. The molecule has 0 spiro atoms. The third-order valence-electron chi connectivity index (χ3n) is 4.78. The second kappa shape index (κ2) is 9.97. The molecule has 0 unspecified atom stereocenters. The number of carbonyl (C=O) groups excluding carboxylic acids is 1. The van der Waals surface area contributed by atoms with Crippen LogP contribution in [-0.2, 0) is 20.8 Å². The van der Waals surface area contributed by atoms with Crippen molar-refractivity contribution in [3.63, 3.8) is 0 Å². The van der Waals surface area contributed by atoms with Crippen LogP contribution in [0, 0.1) is 0 Å². The molecule has 10 nitrogen and oxygen atoms in total. The summed E-state index contributed by atoms with van der Waals surface area (Å²) < 4.78 is 15.9. The van der Waals surface area contributed by atoms with Gasteiger partial charge in [-0.15, -0.1) is 0 Å². The molecule has 0 aliphatic carbocycles. The largest absolute Gasteiger partial charge is 0.493 e. The molecule has 0 radical (unpaired) electrons. The number of rotatable bonds is 10. The summed E-state index contributed by atoms with van der Waals surface area (Å²) in [4.78, 5) is 36.8. The smallest absolute Gasteiger partial charge is 0.326 e. The van der Waals surface area contributed by atoms with Gasteiger partial charge in [0.25, 0.3) is 0 Å². The lowest BCUT2D eigenvalue weighted by molar-refractivity contribution is -0.149. The van der Waals surface area contributed by atoms with Gasteiger partial charge < -0.3 is 29.3 Å². The monoisotopic (exact) mass is 410 g/mol. The number of nitrogens with zero attached hydrogens (tertiary/aromatic N) is 1. The van der Waals surface area contributed by atoms with Gasteiger partial charge in [0.05, 0.1) is 33.9 Å². The van der Waals surface area contributed by atoms with Crippen molar-refractivity contribution in [3.05, 3.63) is 17.7 Å². The first-order valence-electron chi connectivity index (χ1n) is 9.09. The molecule has 0 saturated carbocycles. The van der Waals surface area contributed by atoms with Gasteiger partial charge in [0, 0.05) is 6.54 Å². The Balaban J connectivity index is 2.32. The average molecular weight is 410 g/mol. The van der Waals surface area contributed by atoms with Crippen LogP contribution < -0.4 is 19.5 Å². The average Bonchev–Trinajstić information content (AvgIpc) is 3.19. The molecule has 0 aromatic heterocycles. The minimum Gasteiger partial charge on any atom is -0.493 e. The van der Waals surface area contributed by atoms with Crippen LogP contribution in [0.1, 0.15) is 18.4 Å². The van der Waals surface area contributed by atoms with Crippen molar-refractivity contribution in [1.82, 2.24) is 10.2 Å². The third-order valence-corrected chi connectivity index (χ3v) is 4.78. The summed E-state index contributed by atoms with van der Waals surface area (Å²) in [6.45, 7) is -0.122. The number of benzene rings is 1. The molecule has 3 N–H and O–H groups in total. The minimum absolute atomic E-state index is 0.117. The maximum atomic E-state index is 13.0. The van der Waals surface area contributed by atoms with E-state index in [2.05, 4.69) is 5.32 Å². The first-order valence-corrected chi connectivity index (χ1v) is 9.09. The van der Waals surface area contributed by atoms with Crippen molar-refractivity contribution in [2.75, 3.05) is 34.4 Å². The number of carbonyl (C=O) groups is 3. The Morgan fingerprint density at radius 3 is 2.24 bits per heavy atom. The number of aliphatic carboxylic acids is 2. The zero-order valence-corrected chi connectivity index (χ0v) is 16.6. The summed E-state index contributed by atoms with van der Waals surface area (Å²) in [6, 6.07) is 1.51. The SMILES string of the molecule is COc1cc(C[C@H](NCC(=O)O)C(=O)N2CCC[C@H]2C(=O)O)cc(OC)c1OC. The Morgan fingerprint density at radius 2 is 1.76 bits per heavy atom. The predicted molar refractivity (Wildman–Crippen MR) is 102 cm³/mol. The molecule has 10 heteroatoms. The molecule has 0 bridgehead atoms. The van der Waals surface area contributed by atoms with Gasteiger partial charge in [0.2, 0.25) is 11.7 Å². The van der Waals surface area contributed by atoms with Gasteiger partial charge in [-0.3, -0.25) is 14.9 Å². The standard InChI is InChI=1S/C19H26N2O8/c1-27-14-8-11(9-15(28-2)17(14)29-3)7-12(20-10-16(22)23)18(24)21-6-4-5-13(21)19(25)26/h8-9,12-13,20H,4-7,10H2,1-3H3,(H,22,23)(H,25,26)/t12-,13-/m0/s1. The highest BCUT2D eigenvalue weighted by Gasteiger charge is 2.37. The van der Waals surface area contributed by atoms with Gasteiger partial charge in [-0.1, -0.05) is 0 Å². The van der Waals surface area contributed by atoms with E-state index in [4.69, 9.17) is 19.3 Å². The number of hydrogen-bond donors (Lipinski definition) is 3. The maximum absolute atomic E-state index is 13.0. The molecule has 29 heavy (non-hydrogen) atoms. The highest BCUT2D eigenvalue weighted by atomic mass is 16.5. The fourth-order valence-corrected chi connectivity index (χ4v) is 3.43. The molecule has 1 amide bonds. The number of hydrogen-bond acceptors (Lipinski definition) is 7. The van der Waals surface area contributed by atoms with Crippen molar-refractivity contribution in [2.24, 2.45) is 0 Å². The topological polar surface area (TPSA) is 135 Å². The lowest BCUT2D eigenvalue weighted by Crippen LogP contribution is -2.52. The molecule has 2 rings (SSSR count). The van der Waals surface area contributed by atoms with Crippen molar-refractivity contribution in [1.29, 1.82) is 0 Å². The van der Waals surface area contributed by atoms with Crippen molar-refractivity contribution >= 4 is 17.8 Å². The fraction of sp³-hybridized carbons (Fsp3) is 0.526. The van der Waals surface area contributed by atoms with E-state index in [0.29, 0.717) is 42.2 Å². The van der Waals surface area contributed by atoms with E-state index in [1.807, 2.05) is 0 Å². The normalized spacial score (nSPS) is 16.9. The first-order chi connectivity index (χ1) is 13.8. The van der Waals surface area contributed by atoms with E-state index >= 15 is 0 Å². The van der Waals surface area contributed by atoms with Crippen LogP contribution in [0.5, 0.6) is 17.2 Å². The zero-order chi connectivity index (χ0) is 21.6. The molecule has 1 aromatic rings. The quantitative estimate of drug-likeness (QED) is 0.500. The molecule has 1 aliphatic heterocycles. The predicted octanol–water partition coefficient (Wildman–Crippen LogP) is 0.373. The summed E-state index contributed by atoms with van der Waals surface area (Å²) in [7, 11) is 4.41. The van der Waals surface area contributed by atoms with Gasteiger partial charge in [0.15, 0.2) is 11.5 Å². The van der Waals surface area contributed by atoms with E-state index in [9.17, 15) is 19.5 Å². The number of amides is 1. The summed E-state index contributed by atoms with van der Waals surface area (Å²) in [5.74, 6) is -1.45. The summed E-state index contributed by atoms with van der Waals surface area (Å²) in [5.41, 5.74) is 0.641. The van der Waals surface area contributed by atoms with Crippen molar-refractivity contribution in [3.8, 4) is 17.2 Å². The number of methoxy groups -OCH3 is 3. The fourth-order valence-electron chi connectivity index (χ4n) is 3.43. The molecule has 1 saturated heterocycles. The van der Waals surface area contributed by atoms with Crippen LogP contribution in [0.4, 0.5) is 0 Å². The molecule has 2 atom stereocenters.